The van der Waals surface area contributed by atoms with E-state index < -0.39 is 66.7 Å². The smallest absolute Gasteiger partial charge is 0.302 e. The molecule has 6 atom stereocenters. The van der Waals surface area contributed by atoms with E-state index in [1.807, 2.05) is 0 Å². The SMILES string of the molecule is CC(=O)O.CC(=O)O.CC(=O)O.CC(=O)O.CC(=O)O[C@H](C)C1OC(O)C(O)C(O)C1O. The lowest BCUT2D eigenvalue weighted by atomic mass is 9.96. The van der Waals surface area contributed by atoms with Gasteiger partial charge >= 0.3 is 5.97 Å². The number of aliphatic carboxylic acids is 4. The van der Waals surface area contributed by atoms with E-state index in [2.05, 4.69) is 0 Å². The van der Waals surface area contributed by atoms with Crippen LogP contribution in [0.15, 0.2) is 0 Å². The maximum absolute atomic E-state index is 10.7. The predicted molar refractivity (Wildman–Crippen MR) is 103 cm³/mol. The fourth-order valence-corrected chi connectivity index (χ4v) is 1.60. The predicted octanol–water partition coefficient (Wildman–Crippen LogP) is -1.90. The fourth-order valence-electron chi connectivity index (χ4n) is 1.60. The van der Waals surface area contributed by atoms with Gasteiger partial charge < -0.3 is 50.3 Å². The zero-order valence-corrected chi connectivity index (χ0v) is 18.4. The number of esters is 1. The Labute approximate surface area is 183 Å². The average Bonchev–Trinajstić information content (AvgIpc) is 2.53. The summed E-state index contributed by atoms with van der Waals surface area (Å²) in [7, 11) is 0. The highest BCUT2D eigenvalue weighted by atomic mass is 16.7. The van der Waals surface area contributed by atoms with Crippen molar-refractivity contribution in [1.29, 1.82) is 0 Å². The van der Waals surface area contributed by atoms with Crippen molar-refractivity contribution >= 4 is 29.8 Å². The Kier molecular flexibility index (Phi) is 22.9. The quantitative estimate of drug-likeness (QED) is 0.202. The molecule has 1 rings (SSSR count). The Morgan fingerprint density at radius 2 is 0.938 bits per heavy atom. The summed E-state index contributed by atoms with van der Waals surface area (Å²) < 4.78 is 9.63. The van der Waals surface area contributed by atoms with Crippen LogP contribution in [-0.2, 0) is 33.4 Å². The minimum atomic E-state index is -1.62. The molecule has 32 heavy (non-hydrogen) atoms. The van der Waals surface area contributed by atoms with E-state index >= 15 is 0 Å². The highest BCUT2D eigenvalue weighted by Gasteiger charge is 2.45. The summed E-state index contributed by atoms with van der Waals surface area (Å²) >= 11 is 0. The van der Waals surface area contributed by atoms with E-state index in [4.69, 9.17) is 49.1 Å². The van der Waals surface area contributed by atoms with Crippen molar-refractivity contribution in [2.45, 2.75) is 78.4 Å². The third kappa shape index (κ3) is 29.4. The van der Waals surface area contributed by atoms with Gasteiger partial charge in [-0.15, -0.1) is 0 Å². The number of carbonyl (C=O) groups excluding carboxylic acids is 1. The van der Waals surface area contributed by atoms with Crippen molar-refractivity contribution in [3.63, 3.8) is 0 Å². The molecule has 0 spiro atoms. The van der Waals surface area contributed by atoms with Gasteiger partial charge in [-0.3, -0.25) is 24.0 Å². The number of hydrogen-bond acceptors (Lipinski definition) is 11. The fraction of sp³-hybridized carbons (Fsp3) is 0.706. The van der Waals surface area contributed by atoms with Crippen molar-refractivity contribution in [3.05, 3.63) is 0 Å². The van der Waals surface area contributed by atoms with Crippen molar-refractivity contribution in [3.8, 4) is 0 Å². The van der Waals surface area contributed by atoms with Crippen LogP contribution in [0, 0.1) is 0 Å². The normalized spacial score (nSPS) is 23.9. The van der Waals surface area contributed by atoms with Gasteiger partial charge in [0, 0.05) is 34.6 Å². The van der Waals surface area contributed by atoms with E-state index in [1.165, 1.54) is 13.8 Å². The molecule has 5 unspecified atom stereocenters. The highest BCUT2D eigenvalue weighted by molar-refractivity contribution is 5.66. The zero-order chi connectivity index (χ0) is 26.8. The number of ether oxygens (including phenoxy) is 2. The maximum Gasteiger partial charge on any atom is 0.302 e. The van der Waals surface area contributed by atoms with Crippen molar-refractivity contribution in [2.75, 3.05) is 0 Å². The number of rotatable bonds is 2. The van der Waals surface area contributed by atoms with Crippen LogP contribution in [0.3, 0.4) is 0 Å². The Morgan fingerprint density at radius 1 is 0.656 bits per heavy atom. The average molecular weight is 476 g/mol. The Morgan fingerprint density at radius 3 is 1.19 bits per heavy atom. The molecule has 8 N–H and O–H groups in total. The third-order valence-electron chi connectivity index (χ3n) is 2.44. The van der Waals surface area contributed by atoms with Crippen LogP contribution in [0.1, 0.15) is 41.5 Å². The molecule has 190 valence electrons. The van der Waals surface area contributed by atoms with Crippen LogP contribution >= 0.6 is 0 Å². The lowest BCUT2D eigenvalue weighted by molar-refractivity contribution is -0.296. The van der Waals surface area contributed by atoms with Gasteiger partial charge in [0.15, 0.2) is 6.29 Å². The molecule has 15 heteroatoms. The van der Waals surface area contributed by atoms with Gasteiger partial charge in [0.1, 0.15) is 30.5 Å². The molecule has 1 heterocycles. The van der Waals surface area contributed by atoms with E-state index in [-0.39, 0.29) is 0 Å². The molecule has 15 nitrogen and oxygen atoms in total. The van der Waals surface area contributed by atoms with Gasteiger partial charge in [-0.25, -0.2) is 0 Å². The van der Waals surface area contributed by atoms with E-state index in [0.717, 1.165) is 27.7 Å². The van der Waals surface area contributed by atoms with Gasteiger partial charge in [0.2, 0.25) is 0 Å². The summed E-state index contributed by atoms with van der Waals surface area (Å²) in [5.74, 6) is -3.90. The topological polar surface area (TPSA) is 266 Å². The molecule has 1 aliphatic rings. The first-order valence-electron chi connectivity index (χ1n) is 8.60. The third-order valence-corrected chi connectivity index (χ3v) is 2.44. The molecule has 0 aromatic rings. The highest BCUT2D eigenvalue weighted by Crippen LogP contribution is 2.23. The van der Waals surface area contributed by atoms with Crippen LogP contribution in [0.25, 0.3) is 0 Å². The molecule has 1 saturated heterocycles. The summed E-state index contributed by atoms with van der Waals surface area (Å²) in [4.78, 5) is 46.7. The summed E-state index contributed by atoms with van der Waals surface area (Å²) in [6.07, 6.45) is -8.13. The molecule has 0 amide bonds. The van der Waals surface area contributed by atoms with Crippen molar-refractivity contribution in [2.24, 2.45) is 0 Å². The van der Waals surface area contributed by atoms with E-state index in [1.54, 1.807) is 0 Å². The lowest BCUT2D eigenvalue weighted by Crippen LogP contribution is -2.60. The molecule has 0 saturated carbocycles. The molecule has 1 aliphatic heterocycles. The Hall–Kier alpha value is -2.85. The lowest BCUT2D eigenvalue weighted by Gasteiger charge is -2.40. The van der Waals surface area contributed by atoms with Gasteiger partial charge in [-0.05, 0) is 6.92 Å². The molecule has 0 aromatic carbocycles. The van der Waals surface area contributed by atoms with Crippen LogP contribution in [0.4, 0.5) is 0 Å². The molecular formula is C17H32O15. The second-order valence-electron chi connectivity index (χ2n) is 5.85. The number of carbonyl (C=O) groups is 5. The molecule has 1 fully saturated rings. The van der Waals surface area contributed by atoms with Crippen molar-refractivity contribution in [1.82, 2.24) is 0 Å². The minimum Gasteiger partial charge on any atom is -0.481 e. The second-order valence-corrected chi connectivity index (χ2v) is 5.85. The first-order chi connectivity index (χ1) is 14.3. The standard InChI is InChI=1S/C9H16O7.4C2H4O2/c1-3(15-4(2)10)8-6(12)5(11)7(13)9(14)16-8;4*1-2(3)4/h3,5-9,11-14H,1-2H3;4*1H3,(H,3,4)/t3-,5?,6?,7?,8?,9?;;;;/m1..../s1. The summed E-state index contributed by atoms with van der Waals surface area (Å²) in [5, 5.41) is 67.1. The number of hydrogen-bond donors (Lipinski definition) is 8. The first-order valence-corrected chi connectivity index (χ1v) is 8.60. The van der Waals surface area contributed by atoms with Crippen LogP contribution in [0.2, 0.25) is 0 Å². The van der Waals surface area contributed by atoms with Crippen molar-refractivity contribution < 1.29 is 74.3 Å². The number of aliphatic hydroxyl groups is 4. The number of aliphatic hydroxyl groups excluding tert-OH is 4. The summed E-state index contributed by atoms with van der Waals surface area (Å²) in [6, 6.07) is 0. The van der Waals surface area contributed by atoms with Crippen LogP contribution in [0.5, 0.6) is 0 Å². The molecule has 0 bridgehead atoms. The van der Waals surface area contributed by atoms with Gasteiger partial charge in [-0.1, -0.05) is 0 Å². The van der Waals surface area contributed by atoms with Gasteiger partial charge in [0.25, 0.3) is 23.9 Å². The summed E-state index contributed by atoms with van der Waals surface area (Å²) in [5.41, 5.74) is 0. The number of carboxylic acids is 4. The largest absolute Gasteiger partial charge is 0.481 e. The second kappa shape index (κ2) is 20.1. The zero-order valence-electron chi connectivity index (χ0n) is 18.4. The molecule has 0 aromatic heterocycles. The molecule has 0 radical (unpaired) electrons. The Balaban J connectivity index is -0.000000200. The van der Waals surface area contributed by atoms with Crippen LogP contribution in [-0.4, -0.2) is 108 Å². The van der Waals surface area contributed by atoms with Gasteiger partial charge in [-0.2, -0.15) is 0 Å². The molecular weight excluding hydrogens is 444 g/mol. The van der Waals surface area contributed by atoms with E-state index in [9.17, 15) is 25.2 Å². The monoisotopic (exact) mass is 476 g/mol. The first kappa shape index (κ1) is 36.5. The summed E-state index contributed by atoms with van der Waals surface area (Å²) in [6.45, 7) is 6.97. The van der Waals surface area contributed by atoms with Crippen LogP contribution < -0.4 is 0 Å². The minimum absolute atomic E-state index is 0.571. The van der Waals surface area contributed by atoms with Gasteiger partial charge in [0.05, 0.1) is 0 Å². The molecule has 0 aliphatic carbocycles. The number of carboxylic acid groups (broad SMARTS) is 4. The van der Waals surface area contributed by atoms with E-state index in [0.29, 0.717) is 0 Å². The Bertz CT molecular complexity index is 512. The maximum atomic E-state index is 10.7.